The van der Waals surface area contributed by atoms with Gasteiger partial charge in [0.15, 0.2) is 0 Å². The third-order valence-corrected chi connectivity index (χ3v) is 6.62. The van der Waals surface area contributed by atoms with Crippen LogP contribution in [-0.2, 0) is 28.9 Å². The third-order valence-electron chi connectivity index (χ3n) is 6.62. The van der Waals surface area contributed by atoms with Gasteiger partial charge in [0.25, 0.3) is 0 Å². The molecule has 1 rings (SSSR count). The monoisotopic (exact) mass is 520 g/mol. The summed E-state index contributed by atoms with van der Waals surface area (Å²) < 4.78 is 5.25. The second kappa shape index (κ2) is 17.0. The van der Waals surface area contributed by atoms with Gasteiger partial charge < -0.3 is 30.3 Å². The molecule has 0 radical (unpaired) electrons. The zero-order valence-corrected chi connectivity index (χ0v) is 21.5. The lowest BCUT2D eigenvalue weighted by molar-refractivity contribution is -0.370. The van der Waals surface area contributed by atoms with Gasteiger partial charge in [-0.1, -0.05) is 84.0 Å². The summed E-state index contributed by atoms with van der Waals surface area (Å²) in [7, 11) is 0. The Hall–Kier alpha value is -1.63. The third kappa shape index (κ3) is 10.0. The lowest BCUT2D eigenvalue weighted by atomic mass is 9.82. The number of hydrogen-bond acceptors (Lipinski definition) is 11. The summed E-state index contributed by atoms with van der Waals surface area (Å²) in [5.74, 6) is -8.16. The molecule has 0 aromatic rings. The van der Waals surface area contributed by atoms with E-state index in [4.69, 9.17) is 4.74 Å². The molecule has 0 aromatic heterocycles. The molecule has 1 fully saturated rings. The Morgan fingerprint density at radius 3 is 1.81 bits per heavy atom. The molecule has 36 heavy (non-hydrogen) atoms. The molecular weight excluding hydrogens is 476 g/mol. The van der Waals surface area contributed by atoms with Crippen molar-refractivity contribution < 1.29 is 54.4 Å². The van der Waals surface area contributed by atoms with Crippen molar-refractivity contribution in [1.29, 1.82) is 0 Å². The molecule has 1 heterocycles. The van der Waals surface area contributed by atoms with Gasteiger partial charge in [0.1, 0.15) is 30.3 Å². The van der Waals surface area contributed by atoms with E-state index in [0.29, 0.717) is 12.8 Å². The van der Waals surface area contributed by atoms with Crippen molar-refractivity contribution in [2.45, 2.75) is 128 Å². The second-order valence-electron chi connectivity index (χ2n) is 9.58. The average Bonchev–Trinajstić information content (AvgIpc) is 2.86. The Kier molecular flexibility index (Phi) is 15.3. The summed E-state index contributed by atoms with van der Waals surface area (Å²) >= 11 is 0. The number of carbonyl (C=O) groups excluding carboxylic acids is 3. The minimum atomic E-state index is -2.75. The van der Waals surface area contributed by atoms with Crippen LogP contribution in [0.3, 0.4) is 0 Å². The smallest absolute Gasteiger partial charge is 0.394 e. The topological polar surface area (TPSA) is 180 Å². The quantitative estimate of drug-likeness (QED) is 0.0810. The summed E-state index contributed by atoms with van der Waals surface area (Å²) in [5, 5.41) is 51.0. The molecule has 1 aliphatic heterocycles. The van der Waals surface area contributed by atoms with Gasteiger partial charge in [-0.3, -0.25) is 4.79 Å². The van der Waals surface area contributed by atoms with E-state index in [-0.39, 0.29) is 6.42 Å². The number of ether oxygens (including phenoxy) is 1. The van der Waals surface area contributed by atoms with Gasteiger partial charge in [0, 0.05) is 6.92 Å². The number of ketones is 1. The molecule has 0 amide bonds. The molecule has 1 aliphatic rings. The van der Waals surface area contributed by atoms with Gasteiger partial charge >= 0.3 is 11.9 Å². The first-order chi connectivity index (χ1) is 17.1. The van der Waals surface area contributed by atoms with Crippen LogP contribution in [0.4, 0.5) is 0 Å². The van der Waals surface area contributed by atoms with Crippen LogP contribution in [0.2, 0.25) is 0 Å². The predicted octanol–water partition coefficient (Wildman–Crippen LogP) is 1.45. The predicted molar refractivity (Wildman–Crippen MR) is 127 cm³/mol. The molecule has 11 nitrogen and oxygen atoms in total. The number of rotatable bonds is 17. The summed E-state index contributed by atoms with van der Waals surface area (Å²) in [6.07, 6.45) is 5.38. The normalized spacial score (nSPS) is 26.9. The maximum Gasteiger partial charge on any atom is 0.421 e. The zero-order chi connectivity index (χ0) is 27.1. The molecule has 11 heteroatoms. The molecule has 5 N–H and O–H groups in total. The first-order valence-corrected chi connectivity index (χ1v) is 13.1. The van der Waals surface area contributed by atoms with Crippen LogP contribution in [0.1, 0.15) is 97.3 Å². The highest BCUT2D eigenvalue weighted by molar-refractivity contribution is 6.32. The standard InChI is InChI=1S/C25H44O11/c1-3-4-5-6-7-8-9-10-11-12-13-14-15-18(24(32)36-35-23(31)17(2)27)25(33)22(30)21(29)20(28)19(16-26)34-25/h18-22,26,28-30,33H,3-16H2,1-2H3/t18?,19-,20-,21+,22-,25?/m1/s1. The van der Waals surface area contributed by atoms with Crippen molar-refractivity contribution in [3.63, 3.8) is 0 Å². The minimum absolute atomic E-state index is 0.0809. The molecule has 210 valence electrons. The van der Waals surface area contributed by atoms with Crippen molar-refractivity contribution in [3.8, 4) is 0 Å². The molecule has 0 aliphatic carbocycles. The van der Waals surface area contributed by atoms with E-state index in [9.17, 15) is 39.9 Å². The number of aliphatic hydroxyl groups excluding tert-OH is 4. The molecular formula is C25H44O11. The Labute approximate surface area is 212 Å². The lowest BCUT2D eigenvalue weighted by Crippen LogP contribution is -2.68. The molecule has 2 unspecified atom stereocenters. The van der Waals surface area contributed by atoms with Gasteiger partial charge in [-0.05, 0) is 6.42 Å². The van der Waals surface area contributed by atoms with Crippen molar-refractivity contribution in [1.82, 2.24) is 0 Å². The summed E-state index contributed by atoms with van der Waals surface area (Å²) in [4.78, 5) is 43.7. The van der Waals surface area contributed by atoms with Gasteiger partial charge in [0.05, 0.1) is 6.61 Å². The van der Waals surface area contributed by atoms with Crippen LogP contribution in [0.25, 0.3) is 0 Å². The van der Waals surface area contributed by atoms with Gasteiger partial charge in [-0.2, -0.15) is 0 Å². The average molecular weight is 521 g/mol. The molecule has 0 bridgehead atoms. The molecule has 0 spiro atoms. The number of aliphatic hydroxyl groups is 5. The highest BCUT2D eigenvalue weighted by Crippen LogP contribution is 2.37. The minimum Gasteiger partial charge on any atom is -0.394 e. The first kappa shape index (κ1) is 32.4. The maximum absolute atomic E-state index is 12.7. The van der Waals surface area contributed by atoms with Gasteiger partial charge in [0.2, 0.25) is 11.6 Å². The van der Waals surface area contributed by atoms with Crippen molar-refractivity contribution in [3.05, 3.63) is 0 Å². The number of Topliss-reactive ketones (excluding diaryl/α,β-unsaturated/α-hetero) is 1. The van der Waals surface area contributed by atoms with Crippen LogP contribution in [0, 0.1) is 5.92 Å². The van der Waals surface area contributed by atoms with E-state index in [1.54, 1.807) is 0 Å². The SMILES string of the molecule is CCCCCCCCCCCCCCC(C(=O)OOC(=O)C(C)=O)C1(O)O[C@H](CO)[C@@H](O)[C@H](O)[C@H]1O. The summed E-state index contributed by atoms with van der Waals surface area (Å²) in [5.41, 5.74) is 0. The van der Waals surface area contributed by atoms with E-state index in [2.05, 4.69) is 16.7 Å². The number of unbranched alkanes of at least 4 members (excludes halogenated alkanes) is 11. The van der Waals surface area contributed by atoms with Gasteiger partial charge in [-0.15, -0.1) is 0 Å². The van der Waals surface area contributed by atoms with Crippen LogP contribution in [-0.4, -0.2) is 80.1 Å². The van der Waals surface area contributed by atoms with Crippen molar-refractivity contribution in [2.24, 2.45) is 5.92 Å². The summed E-state index contributed by atoms with van der Waals surface area (Å²) in [6, 6.07) is 0. The fourth-order valence-electron chi connectivity index (χ4n) is 4.35. The first-order valence-electron chi connectivity index (χ1n) is 13.1. The molecule has 1 saturated heterocycles. The van der Waals surface area contributed by atoms with E-state index in [1.807, 2.05) is 0 Å². The Morgan fingerprint density at radius 1 is 0.833 bits per heavy atom. The Bertz CT molecular complexity index is 668. The van der Waals surface area contributed by atoms with E-state index in [0.717, 1.165) is 32.6 Å². The second-order valence-corrected chi connectivity index (χ2v) is 9.58. The number of hydrogen-bond donors (Lipinski definition) is 5. The molecule has 0 saturated carbocycles. The largest absolute Gasteiger partial charge is 0.421 e. The Morgan fingerprint density at radius 2 is 1.33 bits per heavy atom. The van der Waals surface area contributed by atoms with Crippen molar-refractivity contribution >= 4 is 17.7 Å². The van der Waals surface area contributed by atoms with Gasteiger partial charge in [-0.25, -0.2) is 19.4 Å². The van der Waals surface area contributed by atoms with Crippen molar-refractivity contribution in [2.75, 3.05) is 6.61 Å². The fourth-order valence-corrected chi connectivity index (χ4v) is 4.35. The lowest BCUT2D eigenvalue weighted by Gasteiger charge is -2.47. The highest BCUT2D eigenvalue weighted by Gasteiger charge is 2.59. The van der Waals surface area contributed by atoms with Crippen LogP contribution < -0.4 is 0 Å². The highest BCUT2D eigenvalue weighted by atomic mass is 17.2. The zero-order valence-electron chi connectivity index (χ0n) is 21.5. The fraction of sp³-hybridized carbons (Fsp3) is 0.880. The van der Waals surface area contributed by atoms with E-state index < -0.39 is 60.4 Å². The van der Waals surface area contributed by atoms with Crippen LogP contribution >= 0.6 is 0 Å². The number of carbonyl (C=O) groups is 3. The molecule has 6 atom stereocenters. The van der Waals surface area contributed by atoms with E-state index in [1.165, 1.54) is 38.5 Å². The van der Waals surface area contributed by atoms with Crippen LogP contribution in [0.5, 0.6) is 0 Å². The maximum atomic E-state index is 12.7. The van der Waals surface area contributed by atoms with Crippen LogP contribution in [0.15, 0.2) is 0 Å². The molecule has 0 aromatic carbocycles. The van der Waals surface area contributed by atoms with E-state index >= 15 is 0 Å². The Balaban J connectivity index is 2.65. The summed E-state index contributed by atoms with van der Waals surface area (Å²) in [6.45, 7) is 2.29.